The summed E-state index contributed by atoms with van der Waals surface area (Å²) in [6.45, 7) is 7.81. The summed E-state index contributed by atoms with van der Waals surface area (Å²) < 4.78 is 32.4. The molecule has 0 saturated carbocycles. The molecule has 0 radical (unpaired) electrons. The third-order valence-electron chi connectivity index (χ3n) is 5.99. The highest BCUT2D eigenvalue weighted by Crippen LogP contribution is 2.40. The van der Waals surface area contributed by atoms with Gasteiger partial charge in [-0.2, -0.15) is 0 Å². The molecule has 0 spiro atoms. The molecule has 10 heteroatoms. The second-order valence-electron chi connectivity index (χ2n) is 9.02. The van der Waals surface area contributed by atoms with Crippen LogP contribution < -0.4 is 14.2 Å². The third kappa shape index (κ3) is 8.49. The Morgan fingerprint density at radius 3 is 1.81 bits per heavy atom. The second-order valence-corrected chi connectivity index (χ2v) is 9.02. The van der Waals surface area contributed by atoms with Gasteiger partial charge in [-0.3, -0.25) is 0 Å². The van der Waals surface area contributed by atoms with Crippen LogP contribution in [0, 0.1) is 0 Å². The van der Waals surface area contributed by atoms with Crippen LogP contribution in [0.3, 0.4) is 0 Å². The van der Waals surface area contributed by atoms with Crippen LogP contribution in [0.15, 0.2) is 96.5 Å². The van der Waals surface area contributed by atoms with E-state index < -0.39 is 17.9 Å². The summed E-state index contributed by atoms with van der Waals surface area (Å²) in [5.74, 6) is 0.0161. The number of rotatable bonds is 15. The Hall–Kier alpha value is -5.51. The van der Waals surface area contributed by atoms with Gasteiger partial charge in [0.1, 0.15) is 22.8 Å². The van der Waals surface area contributed by atoms with Crippen LogP contribution >= 0.6 is 0 Å². The first-order chi connectivity index (χ1) is 20.9. The lowest BCUT2D eigenvalue weighted by atomic mass is 10.1. The topological polar surface area (TPSA) is 131 Å². The zero-order valence-corrected chi connectivity index (χ0v) is 23.3. The van der Waals surface area contributed by atoms with Gasteiger partial charge in [-0.1, -0.05) is 13.2 Å². The molecule has 1 aromatic heterocycles. The van der Waals surface area contributed by atoms with Crippen molar-refractivity contribution in [1.82, 2.24) is 0 Å². The molecule has 0 bridgehead atoms. The summed E-state index contributed by atoms with van der Waals surface area (Å²) in [5, 5.41) is 11.3. The minimum atomic E-state index is -0.583. The van der Waals surface area contributed by atoms with E-state index in [2.05, 4.69) is 13.2 Å². The number of aromatic hydroxyl groups is 1. The zero-order valence-electron chi connectivity index (χ0n) is 23.3. The molecule has 4 rings (SSSR count). The molecular weight excluding hydrogens is 556 g/mol. The lowest BCUT2D eigenvalue weighted by molar-refractivity contribution is -0.138. The Balaban J connectivity index is 1.32. The van der Waals surface area contributed by atoms with Crippen LogP contribution in [0.2, 0.25) is 0 Å². The van der Waals surface area contributed by atoms with Crippen LogP contribution in [-0.2, 0) is 19.1 Å². The Bertz CT molecular complexity index is 1580. The van der Waals surface area contributed by atoms with Crippen LogP contribution in [0.5, 0.6) is 23.0 Å². The highest BCUT2D eigenvalue weighted by Gasteiger charge is 2.17. The Morgan fingerprint density at radius 2 is 1.26 bits per heavy atom. The van der Waals surface area contributed by atoms with Crippen molar-refractivity contribution in [3.8, 4) is 34.3 Å². The predicted molar refractivity (Wildman–Crippen MR) is 157 cm³/mol. The molecular formula is C33H30O10. The number of ether oxygens (including phenoxy) is 5. The summed E-state index contributed by atoms with van der Waals surface area (Å²) in [7, 11) is 0. The minimum absolute atomic E-state index is 0.0913. The summed E-state index contributed by atoms with van der Waals surface area (Å²) in [6, 6.07) is 18.1. The maximum atomic E-state index is 12.7. The van der Waals surface area contributed by atoms with Crippen LogP contribution in [0.1, 0.15) is 23.2 Å². The largest absolute Gasteiger partial charge is 0.504 e. The highest BCUT2D eigenvalue weighted by atomic mass is 16.5. The van der Waals surface area contributed by atoms with Gasteiger partial charge in [0.15, 0.2) is 11.5 Å². The Labute approximate surface area is 247 Å². The average Bonchev–Trinajstić information content (AvgIpc) is 3.36. The molecule has 3 aromatic carbocycles. The summed E-state index contributed by atoms with van der Waals surface area (Å²) in [5.41, 5.74) is 1.35. The highest BCUT2D eigenvalue weighted by molar-refractivity contribution is 5.94. The monoisotopic (exact) mass is 586 g/mol. The molecule has 222 valence electrons. The molecule has 1 N–H and O–H groups in total. The number of furan rings is 1. The summed E-state index contributed by atoms with van der Waals surface area (Å²) in [6.07, 6.45) is 3.24. The van der Waals surface area contributed by atoms with Gasteiger partial charge < -0.3 is 33.2 Å². The van der Waals surface area contributed by atoms with Crippen molar-refractivity contribution in [2.75, 3.05) is 26.4 Å². The third-order valence-corrected chi connectivity index (χ3v) is 5.99. The maximum absolute atomic E-state index is 12.7. The van der Waals surface area contributed by atoms with E-state index in [0.717, 1.165) is 12.2 Å². The van der Waals surface area contributed by atoms with Gasteiger partial charge in [-0.25, -0.2) is 14.4 Å². The van der Waals surface area contributed by atoms with E-state index in [1.165, 1.54) is 6.07 Å². The standard InChI is InChI=1S/C33H30O10/c1-3-29(34)40-19-5-17-38-24-11-7-22(8-12-24)32-31(36)27-21-26(15-16-28(27)43-32)42-33(37)23-9-13-25(14-10-23)39-18-6-20-41-30(35)4-2/h3-4,7-16,21,36H,1-2,5-6,17-20H2. The fourth-order valence-electron chi connectivity index (χ4n) is 3.84. The quantitative estimate of drug-likeness (QED) is 0.0763. The summed E-state index contributed by atoms with van der Waals surface area (Å²) in [4.78, 5) is 34.8. The predicted octanol–water partition coefficient (Wildman–Crippen LogP) is 6.02. The normalized spacial score (nSPS) is 10.5. The fraction of sp³-hybridized carbons (Fsp3) is 0.182. The molecule has 0 amide bonds. The molecule has 0 aliphatic heterocycles. The number of hydrogen-bond acceptors (Lipinski definition) is 10. The van der Waals surface area contributed by atoms with Crippen molar-refractivity contribution in [3.63, 3.8) is 0 Å². The second kappa shape index (κ2) is 14.9. The van der Waals surface area contributed by atoms with E-state index in [1.807, 2.05) is 0 Å². The number of fused-ring (bicyclic) bond motifs is 1. The summed E-state index contributed by atoms with van der Waals surface area (Å²) >= 11 is 0. The van der Waals surface area contributed by atoms with Crippen LogP contribution in [0.4, 0.5) is 0 Å². The molecule has 0 unspecified atom stereocenters. The molecule has 0 aliphatic rings. The van der Waals surface area contributed by atoms with Crippen molar-refractivity contribution >= 4 is 28.9 Å². The first-order valence-corrected chi connectivity index (χ1v) is 13.4. The fourth-order valence-corrected chi connectivity index (χ4v) is 3.84. The van der Waals surface area contributed by atoms with Gasteiger partial charge >= 0.3 is 17.9 Å². The van der Waals surface area contributed by atoms with Gasteiger partial charge in [0, 0.05) is 30.6 Å². The van der Waals surface area contributed by atoms with Gasteiger partial charge in [-0.05, 0) is 66.7 Å². The van der Waals surface area contributed by atoms with Crippen molar-refractivity contribution in [2.45, 2.75) is 12.8 Å². The smallest absolute Gasteiger partial charge is 0.343 e. The number of esters is 3. The van der Waals surface area contributed by atoms with E-state index in [1.54, 1.807) is 60.7 Å². The van der Waals surface area contributed by atoms with Crippen LogP contribution in [-0.4, -0.2) is 49.4 Å². The molecule has 43 heavy (non-hydrogen) atoms. The molecule has 0 saturated heterocycles. The van der Waals surface area contributed by atoms with E-state index in [9.17, 15) is 19.5 Å². The van der Waals surface area contributed by atoms with Crippen molar-refractivity contribution < 1.29 is 47.6 Å². The van der Waals surface area contributed by atoms with Crippen molar-refractivity contribution in [1.29, 1.82) is 0 Å². The van der Waals surface area contributed by atoms with Crippen LogP contribution in [0.25, 0.3) is 22.3 Å². The Kier molecular flexibility index (Phi) is 10.6. The van der Waals surface area contributed by atoms with Gasteiger partial charge in [-0.15, -0.1) is 0 Å². The number of carbonyl (C=O) groups excluding carboxylic acids is 3. The van der Waals surface area contributed by atoms with E-state index in [4.69, 9.17) is 28.1 Å². The maximum Gasteiger partial charge on any atom is 0.343 e. The van der Waals surface area contributed by atoms with Crippen molar-refractivity contribution in [3.05, 3.63) is 97.6 Å². The zero-order chi connectivity index (χ0) is 30.6. The van der Waals surface area contributed by atoms with E-state index >= 15 is 0 Å². The molecule has 4 aromatic rings. The molecule has 0 fully saturated rings. The SMILES string of the molecule is C=CC(=O)OCCCOc1ccc(C(=O)Oc2ccc3oc(-c4ccc(OCCCOC(=O)C=C)cc4)c(O)c3c2)cc1. The lowest BCUT2D eigenvalue weighted by Crippen LogP contribution is -2.09. The first-order valence-electron chi connectivity index (χ1n) is 13.4. The first kappa shape index (κ1) is 30.4. The minimum Gasteiger partial charge on any atom is -0.504 e. The van der Waals surface area contributed by atoms with Gasteiger partial charge in [0.05, 0.1) is 37.4 Å². The van der Waals surface area contributed by atoms with Gasteiger partial charge in [0.2, 0.25) is 0 Å². The molecule has 0 aliphatic carbocycles. The lowest BCUT2D eigenvalue weighted by Gasteiger charge is -2.08. The van der Waals surface area contributed by atoms with E-state index in [0.29, 0.717) is 59.7 Å². The number of carbonyl (C=O) groups is 3. The van der Waals surface area contributed by atoms with Gasteiger partial charge in [0.25, 0.3) is 0 Å². The average molecular weight is 587 g/mol. The molecule has 0 atom stereocenters. The molecule has 10 nitrogen and oxygen atoms in total. The number of hydrogen-bond donors (Lipinski definition) is 1. The van der Waals surface area contributed by atoms with E-state index in [-0.39, 0.29) is 30.5 Å². The number of benzene rings is 3. The molecule has 1 heterocycles. The Morgan fingerprint density at radius 1 is 0.721 bits per heavy atom. The van der Waals surface area contributed by atoms with Crippen molar-refractivity contribution in [2.24, 2.45) is 0 Å².